The molecule has 0 heterocycles. The monoisotopic (exact) mass is 272 g/mol. The average Bonchev–Trinajstić information content (AvgIpc) is 2.27. The molecule has 102 valence electrons. The van der Waals surface area contributed by atoms with E-state index in [2.05, 4.69) is 4.72 Å². The molecule has 4 N–H and O–H groups in total. The number of nitrogen functional groups attached to an aromatic ring is 1. The van der Waals surface area contributed by atoms with Crippen LogP contribution >= 0.6 is 0 Å². The van der Waals surface area contributed by atoms with Crippen molar-refractivity contribution < 1.29 is 13.5 Å². The van der Waals surface area contributed by atoms with Crippen LogP contribution < -0.4 is 10.5 Å². The lowest BCUT2D eigenvalue weighted by atomic mass is 10.1. The van der Waals surface area contributed by atoms with Gasteiger partial charge in [0.15, 0.2) is 0 Å². The number of rotatable bonds is 5. The van der Waals surface area contributed by atoms with E-state index < -0.39 is 15.6 Å². The Hall–Kier alpha value is -1.11. The summed E-state index contributed by atoms with van der Waals surface area (Å²) < 4.78 is 26.6. The van der Waals surface area contributed by atoms with Crippen LogP contribution in [0.1, 0.15) is 26.3 Å². The van der Waals surface area contributed by atoms with E-state index in [0.29, 0.717) is 5.69 Å². The number of anilines is 1. The second kappa shape index (κ2) is 5.26. The molecule has 0 radical (unpaired) electrons. The zero-order valence-electron chi connectivity index (χ0n) is 10.9. The molecule has 1 aromatic carbocycles. The summed E-state index contributed by atoms with van der Waals surface area (Å²) in [6.45, 7) is 4.88. The lowest BCUT2D eigenvalue weighted by molar-refractivity contribution is 0.208. The normalized spacial score (nSPS) is 12.7. The van der Waals surface area contributed by atoms with Crippen molar-refractivity contribution >= 4 is 15.7 Å². The molecule has 1 aromatic rings. The molecule has 5 nitrogen and oxygen atoms in total. The fourth-order valence-electron chi connectivity index (χ4n) is 1.52. The predicted molar refractivity (Wildman–Crippen MR) is 71.7 cm³/mol. The molecule has 18 heavy (non-hydrogen) atoms. The van der Waals surface area contributed by atoms with Crippen molar-refractivity contribution in [3.05, 3.63) is 23.8 Å². The third kappa shape index (κ3) is 3.44. The van der Waals surface area contributed by atoms with Gasteiger partial charge < -0.3 is 10.8 Å². The Balaban J connectivity index is 3.10. The Bertz CT molecular complexity index is 524. The topological polar surface area (TPSA) is 92.4 Å². The first-order valence-electron chi connectivity index (χ1n) is 5.75. The SMILES string of the molecule is CCc1ccc(S(=O)(=O)NC(C)(C)CO)cc1N. The van der Waals surface area contributed by atoms with Gasteiger partial charge >= 0.3 is 0 Å². The van der Waals surface area contributed by atoms with Crippen LogP contribution in [-0.4, -0.2) is 25.7 Å². The first-order valence-corrected chi connectivity index (χ1v) is 7.23. The first-order chi connectivity index (χ1) is 8.22. The Morgan fingerprint density at radius 1 is 1.39 bits per heavy atom. The second-order valence-corrected chi connectivity index (χ2v) is 6.54. The van der Waals surface area contributed by atoms with Crippen LogP contribution in [0.3, 0.4) is 0 Å². The van der Waals surface area contributed by atoms with Gasteiger partial charge in [-0.15, -0.1) is 0 Å². The third-order valence-electron chi connectivity index (χ3n) is 2.61. The van der Waals surface area contributed by atoms with E-state index in [-0.39, 0.29) is 11.5 Å². The molecule has 0 saturated heterocycles. The van der Waals surface area contributed by atoms with Crippen LogP contribution in [0.4, 0.5) is 5.69 Å². The summed E-state index contributed by atoms with van der Waals surface area (Å²) in [5.41, 5.74) is 6.25. The summed E-state index contributed by atoms with van der Waals surface area (Å²) in [4.78, 5) is 0.110. The van der Waals surface area contributed by atoms with Crippen LogP contribution in [0.25, 0.3) is 0 Å². The fraction of sp³-hybridized carbons (Fsp3) is 0.500. The highest BCUT2D eigenvalue weighted by molar-refractivity contribution is 7.89. The largest absolute Gasteiger partial charge is 0.398 e. The van der Waals surface area contributed by atoms with Gasteiger partial charge in [0.2, 0.25) is 10.0 Å². The number of hydrogen-bond acceptors (Lipinski definition) is 4. The van der Waals surface area contributed by atoms with Gasteiger partial charge in [0.25, 0.3) is 0 Å². The molecule has 0 aromatic heterocycles. The van der Waals surface area contributed by atoms with Crippen molar-refractivity contribution in [2.75, 3.05) is 12.3 Å². The van der Waals surface area contributed by atoms with Crippen molar-refractivity contribution in [1.82, 2.24) is 4.72 Å². The maximum absolute atomic E-state index is 12.1. The van der Waals surface area contributed by atoms with E-state index in [9.17, 15) is 8.42 Å². The van der Waals surface area contributed by atoms with Crippen LogP contribution in [-0.2, 0) is 16.4 Å². The number of aliphatic hydroxyl groups is 1. The van der Waals surface area contributed by atoms with E-state index >= 15 is 0 Å². The lowest BCUT2D eigenvalue weighted by Gasteiger charge is -2.23. The van der Waals surface area contributed by atoms with Gasteiger partial charge in [-0.1, -0.05) is 13.0 Å². The Labute approximate surface area is 108 Å². The number of aryl methyl sites for hydroxylation is 1. The van der Waals surface area contributed by atoms with E-state index in [0.717, 1.165) is 12.0 Å². The molecule has 1 rings (SSSR count). The molecular weight excluding hydrogens is 252 g/mol. The number of benzene rings is 1. The number of nitrogens with two attached hydrogens (primary N) is 1. The van der Waals surface area contributed by atoms with Gasteiger partial charge in [-0.3, -0.25) is 0 Å². The maximum atomic E-state index is 12.1. The second-order valence-electron chi connectivity index (χ2n) is 4.86. The van der Waals surface area contributed by atoms with Crippen LogP contribution in [0.5, 0.6) is 0 Å². The van der Waals surface area contributed by atoms with Gasteiger partial charge in [-0.2, -0.15) is 0 Å². The van der Waals surface area contributed by atoms with Crippen LogP contribution in [0, 0.1) is 0 Å². The number of aliphatic hydroxyl groups excluding tert-OH is 1. The van der Waals surface area contributed by atoms with E-state index in [1.807, 2.05) is 6.92 Å². The molecule has 0 fully saturated rings. The number of hydrogen-bond donors (Lipinski definition) is 3. The highest BCUT2D eigenvalue weighted by atomic mass is 32.2. The van der Waals surface area contributed by atoms with Crippen molar-refractivity contribution in [3.63, 3.8) is 0 Å². The zero-order valence-corrected chi connectivity index (χ0v) is 11.7. The zero-order chi connectivity index (χ0) is 14.0. The van der Waals surface area contributed by atoms with Crippen molar-refractivity contribution in [1.29, 1.82) is 0 Å². The highest BCUT2D eigenvalue weighted by Gasteiger charge is 2.25. The van der Waals surface area contributed by atoms with Crippen molar-refractivity contribution in [3.8, 4) is 0 Å². The summed E-state index contributed by atoms with van der Waals surface area (Å²) >= 11 is 0. The predicted octanol–water partition coefficient (Wildman–Crippen LogP) is 0.880. The minimum absolute atomic E-state index is 0.110. The third-order valence-corrected chi connectivity index (χ3v) is 4.31. The number of nitrogens with one attached hydrogen (secondary N) is 1. The van der Waals surface area contributed by atoms with Gasteiger partial charge in [-0.25, -0.2) is 13.1 Å². The van der Waals surface area contributed by atoms with E-state index in [4.69, 9.17) is 10.8 Å². The van der Waals surface area contributed by atoms with Crippen LogP contribution in [0.15, 0.2) is 23.1 Å². The summed E-state index contributed by atoms with van der Waals surface area (Å²) in [5.74, 6) is 0. The number of sulfonamides is 1. The fourth-order valence-corrected chi connectivity index (χ4v) is 2.96. The molecule has 0 aliphatic heterocycles. The quantitative estimate of drug-likeness (QED) is 0.694. The minimum atomic E-state index is -3.67. The van der Waals surface area contributed by atoms with Crippen molar-refractivity contribution in [2.45, 2.75) is 37.6 Å². The molecule has 0 saturated carbocycles. The van der Waals surface area contributed by atoms with Gasteiger partial charge in [0.05, 0.1) is 17.0 Å². The van der Waals surface area contributed by atoms with Crippen LogP contribution in [0.2, 0.25) is 0 Å². The Morgan fingerprint density at radius 3 is 2.44 bits per heavy atom. The molecule has 0 atom stereocenters. The molecule has 0 aliphatic carbocycles. The molecule has 6 heteroatoms. The Morgan fingerprint density at radius 2 is 2.00 bits per heavy atom. The Kier molecular flexibility index (Phi) is 4.37. The summed E-state index contributed by atoms with van der Waals surface area (Å²) in [7, 11) is -3.67. The average molecular weight is 272 g/mol. The van der Waals surface area contributed by atoms with E-state index in [1.54, 1.807) is 19.9 Å². The summed E-state index contributed by atoms with van der Waals surface area (Å²) in [5, 5.41) is 9.09. The van der Waals surface area contributed by atoms with Gasteiger partial charge in [-0.05, 0) is 38.0 Å². The van der Waals surface area contributed by atoms with Gasteiger partial charge in [0.1, 0.15) is 0 Å². The van der Waals surface area contributed by atoms with Gasteiger partial charge in [0, 0.05) is 5.69 Å². The molecule has 0 aliphatic rings. The van der Waals surface area contributed by atoms with E-state index in [1.165, 1.54) is 12.1 Å². The smallest absolute Gasteiger partial charge is 0.241 e. The molecular formula is C12H20N2O3S. The first kappa shape index (κ1) is 14.9. The molecule has 0 amide bonds. The maximum Gasteiger partial charge on any atom is 0.241 e. The standard InChI is InChI=1S/C12H20N2O3S/c1-4-9-5-6-10(7-11(9)13)18(16,17)14-12(2,3)8-15/h5-7,14-15H,4,8,13H2,1-3H3. The van der Waals surface area contributed by atoms with Crippen molar-refractivity contribution in [2.24, 2.45) is 0 Å². The lowest BCUT2D eigenvalue weighted by Crippen LogP contribution is -2.46. The molecule has 0 bridgehead atoms. The highest BCUT2D eigenvalue weighted by Crippen LogP contribution is 2.19. The summed E-state index contributed by atoms with van der Waals surface area (Å²) in [6, 6.07) is 4.66. The molecule has 0 unspecified atom stereocenters. The summed E-state index contributed by atoms with van der Waals surface area (Å²) in [6.07, 6.45) is 0.752. The minimum Gasteiger partial charge on any atom is -0.398 e. The molecule has 0 spiro atoms.